The molecule has 0 aliphatic carbocycles. The summed E-state index contributed by atoms with van der Waals surface area (Å²) in [6.45, 7) is 6.64. The highest BCUT2D eigenvalue weighted by Gasteiger charge is 2.19. The molecule has 3 aromatic rings. The number of amides is 2. The van der Waals surface area contributed by atoms with E-state index in [0.29, 0.717) is 28.1 Å². The molecule has 4 N–H and O–H groups in total. The zero-order valence-corrected chi connectivity index (χ0v) is 23.0. The molecule has 1 heterocycles. The summed E-state index contributed by atoms with van der Waals surface area (Å²) >= 11 is 3.32. The Bertz CT molecular complexity index is 1430. The van der Waals surface area contributed by atoms with Crippen LogP contribution in [0.3, 0.4) is 0 Å². The lowest BCUT2D eigenvalue weighted by Gasteiger charge is -2.19. The van der Waals surface area contributed by atoms with Gasteiger partial charge in [-0.2, -0.15) is 0 Å². The van der Waals surface area contributed by atoms with E-state index in [9.17, 15) is 23.9 Å². The van der Waals surface area contributed by atoms with E-state index in [1.807, 2.05) is 6.92 Å². The fourth-order valence-electron chi connectivity index (χ4n) is 3.70. The van der Waals surface area contributed by atoms with E-state index in [2.05, 4.69) is 26.6 Å². The number of nitrogens with zero attached hydrogens (tertiary/aromatic N) is 1. The first-order chi connectivity index (χ1) is 17.8. The molecule has 0 atom stereocenters. The summed E-state index contributed by atoms with van der Waals surface area (Å²) in [5, 5.41) is 23.6. The number of aliphatic hydroxyl groups is 1. The molecule has 2 amide bonds. The zero-order valence-electron chi connectivity index (χ0n) is 21.4. The van der Waals surface area contributed by atoms with Crippen LogP contribution in [-0.2, 0) is 13.2 Å². The molecule has 0 aliphatic heterocycles. The van der Waals surface area contributed by atoms with Gasteiger partial charge in [-0.25, -0.2) is 9.18 Å². The normalized spacial score (nSPS) is 11.2. The third-order valence-corrected chi connectivity index (χ3v) is 6.41. The van der Waals surface area contributed by atoms with Crippen LogP contribution in [0.5, 0.6) is 5.75 Å². The standard InChI is InChI=1S/C27H29BrFN3O6/c1-15-5-6-17(24(33)31-14-27(3,4)37)11-21(15)32-16(2)9-22(23(28)25(32)34)38-13-18-7-8-20(29)10-19(18)12-30-26(35)36/h5-11,30,37H,12-14H2,1-4H3,(H,31,33)(H,35,36). The Balaban J connectivity index is 1.90. The molecule has 0 aliphatic rings. The molecule has 0 radical (unpaired) electrons. The summed E-state index contributed by atoms with van der Waals surface area (Å²) in [4.78, 5) is 36.9. The molecule has 2 aromatic carbocycles. The number of hydrogen-bond acceptors (Lipinski definition) is 5. The van der Waals surface area contributed by atoms with Crippen LogP contribution in [-0.4, -0.2) is 38.9 Å². The highest BCUT2D eigenvalue weighted by Crippen LogP contribution is 2.27. The summed E-state index contributed by atoms with van der Waals surface area (Å²) in [5.41, 5.74) is 1.61. The number of benzene rings is 2. The SMILES string of the molecule is Cc1ccc(C(=O)NCC(C)(C)O)cc1-n1c(C)cc(OCc2ccc(F)cc2CNC(=O)O)c(Br)c1=O. The molecule has 1 aromatic heterocycles. The van der Waals surface area contributed by atoms with Gasteiger partial charge in [0, 0.05) is 30.4 Å². The lowest BCUT2D eigenvalue weighted by molar-refractivity contribution is 0.0694. The van der Waals surface area contributed by atoms with Crippen molar-refractivity contribution < 1.29 is 28.9 Å². The third-order valence-electron chi connectivity index (χ3n) is 5.68. The Morgan fingerprint density at radius 1 is 1.08 bits per heavy atom. The second-order valence-electron chi connectivity index (χ2n) is 9.46. The van der Waals surface area contributed by atoms with Gasteiger partial charge in [0.05, 0.1) is 11.3 Å². The smallest absolute Gasteiger partial charge is 0.404 e. The Hall–Kier alpha value is -3.70. The first-order valence-corrected chi connectivity index (χ1v) is 12.5. The molecule has 38 heavy (non-hydrogen) atoms. The van der Waals surface area contributed by atoms with Gasteiger partial charge in [0.1, 0.15) is 22.6 Å². The molecule has 11 heteroatoms. The van der Waals surface area contributed by atoms with Gasteiger partial charge >= 0.3 is 6.09 Å². The minimum Gasteiger partial charge on any atom is -0.487 e. The van der Waals surface area contributed by atoms with Crippen molar-refractivity contribution in [3.63, 3.8) is 0 Å². The number of ether oxygens (including phenoxy) is 1. The van der Waals surface area contributed by atoms with Crippen LogP contribution < -0.4 is 20.9 Å². The average molecular weight is 590 g/mol. The third kappa shape index (κ3) is 7.20. The van der Waals surface area contributed by atoms with Crippen LogP contribution in [0, 0.1) is 19.7 Å². The van der Waals surface area contributed by atoms with Crippen LogP contribution in [0.2, 0.25) is 0 Å². The average Bonchev–Trinajstić information content (AvgIpc) is 2.84. The highest BCUT2D eigenvalue weighted by atomic mass is 79.9. The molecule has 9 nitrogen and oxygen atoms in total. The van der Waals surface area contributed by atoms with Gasteiger partial charge in [-0.1, -0.05) is 12.1 Å². The molecule has 202 valence electrons. The number of pyridine rings is 1. The van der Waals surface area contributed by atoms with Crippen LogP contribution >= 0.6 is 15.9 Å². The van der Waals surface area contributed by atoms with Gasteiger partial charge in [0.25, 0.3) is 11.5 Å². The number of carbonyl (C=O) groups is 2. The number of halogens is 2. The van der Waals surface area contributed by atoms with Crippen molar-refractivity contribution in [1.29, 1.82) is 0 Å². The summed E-state index contributed by atoms with van der Waals surface area (Å²) in [6, 6.07) is 10.6. The number of aryl methyl sites for hydroxylation is 2. The molecule has 0 saturated carbocycles. The summed E-state index contributed by atoms with van der Waals surface area (Å²) in [5.74, 6) is -0.644. The Labute approximate surface area is 227 Å². The van der Waals surface area contributed by atoms with Gasteiger partial charge in [0.15, 0.2) is 0 Å². The van der Waals surface area contributed by atoms with Gasteiger partial charge in [-0.05, 0) is 84.6 Å². The first-order valence-electron chi connectivity index (χ1n) is 11.7. The van der Waals surface area contributed by atoms with Gasteiger partial charge in [-0.3, -0.25) is 14.2 Å². The van der Waals surface area contributed by atoms with Gasteiger partial charge < -0.3 is 25.6 Å². The minimum atomic E-state index is -1.24. The van der Waals surface area contributed by atoms with Gasteiger partial charge in [0.2, 0.25) is 0 Å². The van der Waals surface area contributed by atoms with Crippen molar-refractivity contribution in [1.82, 2.24) is 15.2 Å². The topological polar surface area (TPSA) is 130 Å². The molecular formula is C27H29BrFN3O6. The lowest BCUT2D eigenvalue weighted by atomic mass is 10.1. The van der Waals surface area contributed by atoms with E-state index in [1.165, 1.54) is 22.8 Å². The van der Waals surface area contributed by atoms with Crippen molar-refractivity contribution in [2.45, 2.75) is 46.4 Å². The predicted octanol–water partition coefficient (Wildman–Crippen LogP) is 4.20. The van der Waals surface area contributed by atoms with E-state index >= 15 is 0 Å². The number of rotatable bonds is 9. The van der Waals surface area contributed by atoms with E-state index in [4.69, 9.17) is 9.84 Å². The van der Waals surface area contributed by atoms with Crippen LogP contribution in [0.15, 0.2) is 51.7 Å². The monoisotopic (exact) mass is 589 g/mol. The van der Waals surface area contributed by atoms with Crippen LogP contribution in [0.4, 0.5) is 9.18 Å². The zero-order chi connectivity index (χ0) is 28.2. The minimum absolute atomic E-state index is 0.0334. The molecule has 0 unspecified atom stereocenters. The molecule has 0 spiro atoms. The molecular weight excluding hydrogens is 561 g/mol. The van der Waals surface area contributed by atoms with Crippen LogP contribution in [0.25, 0.3) is 5.69 Å². The quantitative estimate of drug-likeness (QED) is 0.296. The second-order valence-corrected chi connectivity index (χ2v) is 10.3. The summed E-state index contributed by atoms with van der Waals surface area (Å²) in [7, 11) is 0. The number of nitrogens with one attached hydrogen (secondary N) is 2. The van der Waals surface area contributed by atoms with Crippen molar-refractivity contribution in [2.24, 2.45) is 0 Å². The fourth-order valence-corrected chi connectivity index (χ4v) is 4.11. The number of hydrogen-bond donors (Lipinski definition) is 4. The second kappa shape index (κ2) is 11.8. The summed E-state index contributed by atoms with van der Waals surface area (Å²) < 4.78 is 21.2. The van der Waals surface area contributed by atoms with Crippen molar-refractivity contribution in [2.75, 3.05) is 6.54 Å². The van der Waals surface area contributed by atoms with E-state index in [-0.39, 0.29) is 35.8 Å². The predicted molar refractivity (Wildman–Crippen MR) is 143 cm³/mol. The van der Waals surface area contributed by atoms with E-state index in [0.717, 1.165) is 5.56 Å². The maximum Gasteiger partial charge on any atom is 0.404 e. The van der Waals surface area contributed by atoms with E-state index in [1.54, 1.807) is 45.0 Å². The Morgan fingerprint density at radius 2 is 1.79 bits per heavy atom. The number of carbonyl (C=O) groups excluding carboxylic acids is 1. The Morgan fingerprint density at radius 3 is 2.45 bits per heavy atom. The Kier molecular flexibility index (Phi) is 8.95. The van der Waals surface area contributed by atoms with Gasteiger partial charge in [-0.15, -0.1) is 0 Å². The van der Waals surface area contributed by atoms with E-state index < -0.39 is 23.1 Å². The number of carboxylic acid groups (broad SMARTS) is 1. The first kappa shape index (κ1) is 28.9. The molecule has 3 rings (SSSR count). The molecule has 0 saturated heterocycles. The lowest BCUT2D eigenvalue weighted by Crippen LogP contribution is -2.38. The number of aromatic nitrogens is 1. The van der Waals surface area contributed by atoms with Crippen LogP contribution in [0.1, 0.15) is 46.6 Å². The van der Waals surface area contributed by atoms with Crippen molar-refractivity contribution in [3.8, 4) is 11.4 Å². The fraction of sp³-hybridized carbons (Fsp3) is 0.296. The summed E-state index contributed by atoms with van der Waals surface area (Å²) in [6.07, 6.45) is -1.24. The molecule has 0 bridgehead atoms. The maximum atomic E-state index is 13.7. The largest absolute Gasteiger partial charge is 0.487 e. The van der Waals surface area contributed by atoms with Crippen molar-refractivity contribution in [3.05, 3.63) is 91.1 Å². The highest BCUT2D eigenvalue weighted by molar-refractivity contribution is 9.10. The molecule has 0 fully saturated rings. The van der Waals surface area contributed by atoms with Crippen molar-refractivity contribution >= 4 is 27.9 Å². The maximum absolute atomic E-state index is 13.7.